The molecule has 0 aliphatic heterocycles. The number of rotatable bonds is 4. The Hall–Kier alpha value is -3.48. The average molecular weight is 315 g/mol. The van der Waals surface area contributed by atoms with Gasteiger partial charge < -0.3 is 25.7 Å². The molecular formula is C16H13NO6. The van der Waals surface area contributed by atoms with Crippen molar-refractivity contribution in [3.05, 3.63) is 53.6 Å². The zero-order valence-electron chi connectivity index (χ0n) is 11.7. The Balaban J connectivity index is 2.12. The first-order valence-electron chi connectivity index (χ1n) is 6.45. The first-order chi connectivity index (χ1) is 10.9. The summed E-state index contributed by atoms with van der Waals surface area (Å²) >= 11 is 0. The molecule has 0 bridgehead atoms. The molecule has 2 rings (SSSR count). The number of carboxylic acid groups (broad SMARTS) is 1. The molecule has 0 aliphatic rings. The molecule has 0 unspecified atom stereocenters. The van der Waals surface area contributed by atoms with Gasteiger partial charge in [0.1, 0.15) is 0 Å². The molecule has 23 heavy (non-hydrogen) atoms. The zero-order valence-corrected chi connectivity index (χ0v) is 11.7. The summed E-state index contributed by atoms with van der Waals surface area (Å²) in [6.07, 6.45) is 2.34. The van der Waals surface area contributed by atoms with Gasteiger partial charge in [-0.1, -0.05) is 6.07 Å². The fraction of sp³-hybridized carbons (Fsp3) is 0. The van der Waals surface area contributed by atoms with Gasteiger partial charge >= 0.3 is 5.97 Å². The average Bonchev–Trinajstić information content (AvgIpc) is 2.52. The van der Waals surface area contributed by atoms with Crippen molar-refractivity contribution in [3.63, 3.8) is 0 Å². The Labute approximate surface area is 130 Å². The smallest absolute Gasteiger partial charge is 0.335 e. The van der Waals surface area contributed by atoms with Gasteiger partial charge in [-0.25, -0.2) is 4.79 Å². The van der Waals surface area contributed by atoms with Crippen molar-refractivity contribution < 1.29 is 30.0 Å². The highest BCUT2D eigenvalue weighted by Crippen LogP contribution is 2.37. The third-order valence-corrected chi connectivity index (χ3v) is 2.95. The summed E-state index contributed by atoms with van der Waals surface area (Å²) in [6, 6.07) is 8.21. The number of carboxylic acids is 1. The minimum absolute atomic E-state index is 0.0351. The van der Waals surface area contributed by atoms with Gasteiger partial charge in [0, 0.05) is 17.3 Å². The van der Waals surface area contributed by atoms with Crippen molar-refractivity contribution >= 4 is 23.6 Å². The van der Waals surface area contributed by atoms with Crippen LogP contribution in [0.25, 0.3) is 6.08 Å². The number of hydrogen-bond donors (Lipinski definition) is 5. The van der Waals surface area contributed by atoms with Crippen LogP contribution in [-0.4, -0.2) is 32.3 Å². The maximum Gasteiger partial charge on any atom is 0.335 e. The number of carbonyl (C=O) groups excluding carboxylic acids is 1. The van der Waals surface area contributed by atoms with Gasteiger partial charge in [-0.05, 0) is 36.4 Å². The summed E-state index contributed by atoms with van der Waals surface area (Å²) in [7, 11) is 0. The molecule has 0 saturated carbocycles. The SMILES string of the molecule is O=C(/C=C/c1ccc(O)c(O)c1O)Nc1cccc(C(=O)O)c1. The minimum atomic E-state index is -1.11. The molecule has 5 N–H and O–H groups in total. The van der Waals surface area contributed by atoms with Crippen molar-refractivity contribution in [1.29, 1.82) is 0 Å². The molecular weight excluding hydrogens is 302 g/mol. The number of aromatic carboxylic acids is 1. The predicted octanol–water partition coefficient (Wildman–Crippen LogP) is 2.15. The van der Waals surface area contributed by atoms with Gasteiger partial charge in [0.05, 0.1) is 5.56 Å². The van der Waals surface area contributed by atoms with E-state index in [1.165, 1.54) is 42.5 Å². The monoisotopic (exact) mass is 315 g/mol. The Kier molecular flexibility index (Phi) is 4.51. The van der Waals surface area contributed by atoms with Crippen molar-refractivity contribution in [3.8, 4) is 17.2 Å². The van der Waals surface area contributed by atoms with Gasteiger partial charge in [0.2, 0.25) is 11.7 Å². The number of aromatic hydroxyl groups is 3. The number of hydrogen-bond acceptors (Lipinski definition) is 5. The second-order valence-corrected chi connectivity index (χ2v) is 4.58. The maximum atomic E-state index is 11.8. The highest BCUT2D eigenvalue weighted by molar-refractivity contribution is 6.02. The van der Waals surface area contributed by atoms with E-state index >= 15 is 0 Å². The minimum Gasteiger partial charge on any atom is -0.504 e. The lowest BCUT2D eigenvalue weighted by Crippen LogP contribution is -2.08. The summed E-state index contributed by atoms with van der Waals surface area (Å²) in [5.41, 5.74) is 0.472. The largest absolute Gasteiger partial charge is 0.504 e. The van der Waals surface area contributed by atoms with E-state index in [4.69, 9.17) is 5.11 Å². The second kappa shape index (κ2) is 6.52. The van der Waals surface area contributed by atoms with Gasteiger partial charge in [-0.2, -0.15) is 0 Å². The number of phenolic OH excluding ortho intramolecular Hbond substituents is 3. The van der Waals surface area contributed by atoms with E-state index in [1.54, 1.807) is 0 Å². The number of benzene rings is 2. The molecule has 0 saturated heterocycles. The highest BCUT2D eigenvalue weighted by atomic mass is 16.4. The molecule has 118 valence electrons. The van der Waals surface area contributed by atoms with Crippen LogP contribution in [0.4, 0.5) is 5.69 Å². The lowest BCUT2D eigenvalue weighted by atomic mass is 10.1. The van der Waals surface area contributed by atoms with Gasteiger partial charge in [-0.15, -0.1) is 0 Å². The number of phenols is 3. The zero-order chi connectivity index (χ0) is 17.0. The molecule has 0 aromatic heterocycles. The van der Waals surface area contributed by atoms with Gasteiger partial charge in [0.15, 0.2) is 11.5 Å². The Morgan fingerprint density at radius 3 is 2.43 bits per heavy atom. The first-order valence-corrected chi connectivity index (χ1v) is 6.45. The molecule has 7 heteroatoms. The van der Waals surface area contributed by atoms with Crippen LogP contribution in [0, 0.1) is 0 Å². The number of carbonyl (C=O) groups is 2. The third-order valence-electron chi connectivity index (χ3n) is 2.95. The van der Waals surface area contributed by atoms with E-state index in [0.29, 0.717) is 5.69 Å². The molecule has 0 atom stereocenters. The number of amides is 1. The number of anilines is 1. The van der Waals surface area contributed by atoms with Gasteiger partial charge in [0.25, 0.3) is 0 Å². The molecule has 0 spiro atoms. The normalized spacial score (nSPS) is 10.6. The highest BCUT2D eigenvalue weighted by Gasteiger charge is 2.09. The second-order valence-electron chi connectivity index (χ2n) is 4.58. The molecule has 1 amide bonds. The van der Waals surface area contributed by atoms with E-state index in [-0.39, 0.29) is 11.1 Å². The standard InChI is InChI=1S/C16H13NO6/c18-12-6-4-9(14(20)15(12)21)5-7-13(19)17-11-3-1-2-10(8-11)16(22)23/h1-8,18,20-21H,(H,17,19)(H,22,23)/b7-5+. The van der Waals surface area contributed by atoms with Crippen LogP contribution in [0.2, 0.25) is 0 Å². The first kappa shape index (κ1) is 15.9. The summed E-state index contributed by atoms with van der Waals surface area (Å²) < 4.78 is 0. The lowest BCUT2D eigenvalue weighted by molar-refractivity contribution is -0.111. The Morgan fingerprint density at radius 1 is 1.00 bits per heavy atom. The van der Waals surface area contributed by atoms with Crippen molar-refractivity contribution in [2.24, 2.45) is 0 Å². The number of nitrogens with one attached hydrogen (secondary N) is 1. The Bertz CT molecular complexity index is 797. The summed E-state index contributed by atoms with van der Waals surface area (Å²) in [6.45, 7) is 0. The fourth-order valence-electron chi connectivity index (χ4n) is 1.80. The third kappa shape index (κ3) is 3.79. The molecule has 2 aromatic rings. The van der Waals surface area contributed by atoms with Crippen LogP contribution < -0.4 is 5.32 Å². The summed E-state index contributed by atoms with van der Waals surface area (Å²) in [5.74, 6) is -3.38. The summed E-state index contributed by atoms with van der Waals surface area (Å²) in [4.78, 5) is 22.6. The van der Waals surface area contributed by atoms with Crippen LogP contribution in [0.1, 0.15) is 15.9 Å². The maximum absolute atomic E-state index is 11.8. The topological polar surface area (TPSA) is 127 Å². The van der Waals surface area contributed by atoms with Crippen molar-refractivity contribution in [1.82, 2.24) is 0 Å². The molecule has 2 aromatic carbocycles. The molecule has 7 nitrogen and oxygen atoms in total. The van der Waals surface area contributed by atoms with Crippen molar-refractivity contribution in [2.75, 3.05) is 5.32 Å². The van der Waals surface area contributed by atoms with E-state index in [9.17, 15) is 24.9 Å². The van der Waals surface area contributed by atoms with E-state index in [2.05, 4.69) is 5.32 Å². The predicted molar refractivity (Wildman–Crippen MR) is 82.5 cm³/mol. The van der Waals surface area contributed by atoms with E-state index in [0.717, 1.165) is 6.08 Å². The lowest BCUT2D eigenvalue weighted by Gasteiger charge is -2.05. The van der Waals surface area contributed by atoms with Crippen LogP contribution >= 0.6 is 0 Å². The molecule has 0 radical (unpaired) electrons. The van der Waals surface area contributed by atoms with E-state index in [1.807, 2.05) is 0 Å². The van der Waals surface area contributed by atoms with Gasteiger partial charge in [-0.3, -0.25) is 4.79 Å². The van der Waals surface area contributed by atoms with Crippen LogP contribution in [0.3, 0.4) is 0 Å². The fourth-order valence-corrected chi connectivity index (χ4v) is 1.80. The van der Waals surface area contributed by atoms with Crippen LogP contribution in [-0.2, 0) is 4.79 Å². The molecule has 0 aliphatic carbocycles. The van der Waals surface area contributed by atoms with Crippen LogP contribution in [0.15, 0.2) is 42.5 Å². The summed E-state index contributed by atoms with van der Waals surface area (Å²) in [5, 5.41) is 39.6. The Morgan fingerprint density at radius 2 is 1.74 bits per heavy atom. The van der Waals surface area contributed by atoms with Crippen molar-refractivity contribution in [2.45, 2.75) is 0 Å². The molecule has 0 heterocycles. The molecule has 0 fully saturated rings. The van der Waals surface area contributed by atoms with E-state index < -0.39 is 29.1 Å². The quantitative estimate of drug-likeness (QED) is 0.434. The van der Waals surface area contributed by atoms with Crippen LogP contribution in [0.5, 0.6) is 17.2 Å².